The van der Waals surface area contributed by atoms with E-state index in [2.05, 4.69) is 29.0 Å². The number of aromatic hydroxyl groups is 1. The number of hydrogen-bond donors (Lipinski definition) is 2. The van der Waals surface area contributed by atoms with Gasteiger partial charge in [0.15, 0.2) is 0 Å². The first kappa shape index (κ1) is 22.7. The van der Waals surface area contributed by atoms with Crippen molar-refractivity contribution in [1.82, 2.24) is 15.1 Å². The van der Waals surface area contributed by atoms with Crippen LogP contribution in [0.3, 0.4) is 0 Å². The van der Waals surface area contributed by atoms with Gasteiger partial charge in [-0.2, -0.15) is 0 Å². The van der Waals surface area contributed by atoms with Gasteiger partial charge >= 0.3 is 6.03 Å². The second-order valence-electron chi connectivity index (χ2n) is 7.64. The van der Waals surface area contributed by atoms with E-state index in [-0.39, 0.29) is 11.8 Å². The van der Waals surface area contributed by atoms with Crippen molar-refractivity contribution >= 4 is 11.7 Å². The molecule has 0 bridgehead atoms. The Labute approximate surface area is 185 Å². The third-order valence-corrected chi connectivity index (χ3v) is 5.72. The molecule has 0 atom stereocenters. The van der Waals surface area contributed by atoms with Crippen LogP contribution >= 0.6 is 0 Å². The highest BCUT2D eigenvalue weighted by Gasteiger charge is 2.21. The van der Waals surface area contributed by atoms with Gasteiger partial charge in [0.1, 0.15) is 18.1 Å². The number of carbonyl (C=O) groups excluding carboxylic acids is 1. The van der Waals surface area contributed by atoms with E-state index in [9.17, 15) is 9.90 Å². The van der Waals surface area contributed by atoms with Crippen LogP contribution in [-0.2, 0) is 6.54 Å². The molecule has 31 heavy (non-hydrogen) atoms. The van der Waals surface area contributed by atoms with E-state index in [0.717, 1.165) is 49.7 Å². The van der Waals surface area contributed by atoms with Crippen LogP contribution in [0, 0.1) is 0 Å². The van der Waals surface area contributed by atoms with E-state index in [0.29, 0.717) is 26.2 Å². The number of ether oxygens (including phenoxy) is 1. The van der Waals surface area contributed by atoms with Crippen molar-refractivity contribution in [3.05, 3.63) is 54.1 Å². The largest absolute Gasteiger partial charge is 0.508 e. The van der Waals surface area contributed by atoms with Crippen molar-refractivity contribution in [2.24, 2.45) is 0 Å². The maximum Gasteiger partial charge on any atom is 0.317 e. The second-order valence-corrected chi connectivity index (χ2v) is 7.64. The lowest BCUT2D eigenvalue weighted by molar-refractivity contribution is 0.193. The molecule has 1 fully saturated rings. The molecule has 7 nitrogen and oxygen atoms in total. The van der Waals surface area contributed by atoms with Crippen molar-refractivity contribution in [2.45, 2.75) is 20.4 Å². The number of phenols is 1. The Hall–Kier alpha value is -2.93. The Morgan fingerprint density at radius 2 is 1.81 bits per heavy atom. The Kier molecular flexibility index (Phi) is 8.41. The lowest BCUT2D eigenvalue weighted by Crippen LogP contribution is -2.51. The smallest absolute Gasteiger partial charge is 0.317 e. The lowest BCUT2D eigenvalue weighted by Gasteiger charge is -2.36. The van der Waals surface area contributed by atoms with E-state index in [4.69, 9.17) is 4.74 Å². The van der Waals surface area contributed by atoms with Crippen LogP contribution in [0.15, 0.2) is 48.5 Å². The molecule has 2 N–H and O–H groups in total. The molecular weight excluding hydrogens is 392 g/mol. The van der Waals surface area contributed by atoms with Gasteiger partial charge in [-0.25, -0.2) is 4.79 Å². The highest BCUT2D eigenvalue weighted by Crippen LogP contribution is 2.21. The summed E-state index contributed by atoms with van der Waals surface area (Å²) in [5, 5.41) is 12.7. The molecule has 0 unspecified atom stereocenters. The third kappa shape index (κ3) is 6.52. The van der Waals surface area contributed by atoms with Gasteiger partial charge in [-0.15, -0.1) is 0 Å². The van der Waals surface area contributed by atoms with Gasteiger partial charge in [-0.3, -0.25) is 0 Å². The minimum absolute atomic E-state index is 0.0616. The zero-order chi connectivity index (χ0) is 22.1. The average molecular weight is 427 g/mol. The van der Waals surface area contributed by atoms with E-state index in [1.165, 1.54) is 0 Å². The molecule has 2 amide bonds. The van der Waals surface area contributed by atoms with E-state index in [1.807, 2.05) is 41.3 Å². The molecule has 0 saturated carbocycles. The number of nitrogens with one attached hydrogen (secondary N) is 1. The number of para-hydroxylation sites is 1. The predicted octanol–water partition coefficient (Wildman–Crippen LogP) is 3.14. The van der Waals surface area contributed by atoms with Crippen LogP contribution in [0.4, 0.5) is 10.5 Å². The van der Waals surface area contributed by atoms with Crippen molar-refractivity contribution in [3.8, 4) is 11.5 Å². The first-order valence-corrected chi connectivity index (χ1v) is 11.1. The van der Waals surface area contributed by atoms with Gasteiger partial charge < -0.3 is 29.9 Å². The molecule has 0 spiro atoms. The first-order chi connectivity index (χ1) is 15.1. The average Bonchev–Trinajstić information content (AvgIpc) is 2.81. The molecule has 1 saturated heterocycles. The van der Waals surface area contributed by atoms with Gasteiger partial charge in [0.25, 0.3) is 0 Å². The van der Waals surface area contributed by atoms with Gasteiger partial charge in [0.2, 0.25) is 0 Å². The highest BCUT2D eigenvalue weighted by atomic mass is 16.5. The zero-order valence-electron chi connectivity index (χ0n) is 18.6. The van der Waals surface area contributed by atoms with E-state index < -0.39 is 0 Å². The normalized spacial score (nSPS) is 14.0. The van der Waals surface area contributed by atoms with Crippen LogP contribution in [0.25, 0.3) is 0 Å². The maximum absolute atomic E-state index is 12.7. The molecule has 2 aromatic rings. The van der Waals surface area contributed by atoms with Gasteiger partial charge in [0, 0.05) is 56.6 Å². The molecule has 0 radical (unpaired) electrons. The number of likely N-dealkylation sites (N-methyl/N-ethyl adjacent to an activating group) is 1. The molecule has 2 aromatic carbocycles. The summed E-state index contributed by atoms with van der Waals surface area (Å²) in [5.41, 5.74) is 1.96. The third-order valence-electron chi connectivity index (χ3n) is 5.72. The quantitative estimate of drug-likeness (QED) is 0.645. The van der Waals surface area contributed by atoms with Gasteiger partial charge in [-0.1, -0.05) is 38.1 Å². The molecular formula is C24H34N4O3. The molecule has 3 rings (SSSR count). The van der Waals surface area contributed by atoms with Crippen molar-refractivity contribution < 1.29 is 14.6 Å². The molecule has 1 aliphatic heterocycles. The molecule has 1 heterocycles. The minimum Gasteiger partial charge on any atom is -0.508 e. The minimum atomic E-state index is -0.0616. The Bertz CT molecular complexity index is 833. The number of amides is 2. The predicted molar refractivity (Wildman–Crippen MR) is 124 cm³/mol. The Balaban J connectivity index is 1.47. The van der Waals surface area contributed by atoms with E-state index >= 15 is 0 Å². The summed E-state index contributed by atoms with van der Waals surface area (Å²) in [5.74, 6) is 1.08. The summed E-state index contributed by atoms with van der Waals surface area (Å²) in [4.78, 5) is 19.0. The van der Waals surface area contributed by atoms with Crippen LogP contribution in [0.2, 0.25) is 0 Å². The molecule has 168 valence electrons. The summed E-state index contributed by atoms with van der Waals surface area (Å²) in [6.07, 6.45) is 0. The van der Waals surface area contributed by atoms with Crippen LogP contribution in [0.5, 0.6) is 11.5 Å². The number of carbonyl (C=O) groups is 1. The van der Waals surface area contributed by atoms with Gasteiger partial charge in [-0.05, 0) is 31.3 Å². The number of urea groups is 1. The summed E-state index contributed by atoms with van der Waals surface area (Å²) in [6.45, 7) is 11.0. The monoisotopic (exact) mass is 426 g/mol. The molecule has 0 aromatic heterocycles. The highest BCUT2D eigenvalue weighted by molar-refractivity contribution is 5.74. The number of benzene rings is 2. The summed E-state index contributed by atoms with van der Waals surface area (Å²) >= 11 is 0. The van der Waals surface area contributed by atoms with Crippen molar-refractivity contribution in [2.75, 3.05) is 57.3 Å². The molecule has 1 aliphatic rings. The standard InChI is InChI=1S/C24H34N4O3/c1-3-26(4-2)16-17-31-23-11-6-5-8-20(23)19-25-24(30)28-14-12-27(13-15-28)21-9-7-10-22(29)18-21/h5-11,18,29H,3-4,12-17,19H2,1-2H3,(H,25,30). The van der Waals surface area contributed by atoms with Crippen LogP contribution in [-0.4, -0.2) is 73.4 Å². The number of nitrogens with zero attached hydrogens (tertiary/aromatic N) is 3. The number of anilines is 1. The Morgan fingerprint density at radius 1 is 1.06 bits per heavy atom. The van der Waals surface area contributed by atoms with E-state index in [1.54, 1.807) is 12.1 Å². The van der Waals surface area contributed by atoms with Gasteiger partial charge in [0.05, 0.1) is 0 Å². The fourth-order valence-corrected chi connectivity index (χ4v) is 3.76. The van der Waals surface area contributed by atoms with Crippen LogP contribution < -0.4 is 15.0 Å². The lowest BCUT2D eigenvalue weighted by atomic mass is 10.2. The summed E-state index contributed by atoms with van der Waals surface area (Å²) in [7, 11) is 0. The zero-order valence-corrected chi connectivity index (χ0v) is 18.6. The number of piperazine rings is 1. The Morgan fingerprint density at radius 3 is 2.52 bits per heavy atom. The van der Waals surface area contributed by atoms with Crippen molar-refractivity contribution in [3.63, 3.8) is 0 Å². The fourth-order valence-electron chi connectivity index (χ4n) is 3.76. The summed E-state index contributed by atoms with van der Waals surface area (Å²) < 4.78 is 5.99. The maximum atomic E-state index is 12.7. The van der Waals surface area contributed by atoms with Crippen LogP contribution in [0.1, 0.15) is 19.4 Å². The number of phenolic OH excluding ortho intramolecular Hbond substituents is 1. The number of rotatable bonds is 9. The molecule has 0 aliphatic carbocycles. The first-order valence-electron chi connectivity index (χ1n) is 11.1. The number of hydrogen-bond acceptors (Lipinski definition) is 5. The topological polar surface area (TPSA) is 68.3 Å². The molecule has 7 heteroatoms. The summed E-state index contributed by atoms with van der Waals surface area (Å²) in [6, 6.07) is 15.0. The fraction of sp³-hybridized carbons (Fsp3) is 0.458. The second kappa shape index (κ2) is 11.5. The SMILES string of the molecule is CCN(CC)CCOc1ccccc1CNC(=O)N1CCN(c2cccc(O)c2)CC1. The van der Waals surface area contributed by atoms with Crippen molar-refractivity contribution in [1.29, 1.82) is 0 Å².